The van der Waals surface area contributed by atoms with Gasteiger partial charge in [-0.05, 0) is 13.0 Å². The lowest BCUT2D eigenvalue weighted by Crippen LogP contribution is -2.25. The quantitative estimate of drug-likeness (QED) is 0.464. The van der Waals surface area contributed by atoms with Crippen LogP contribution >= 0.6 is 0 Å². The molecule has 110 valence electrons. The first kappa shape index (κ1) is 16.1. The largest absolute Gasteiger partial charge is 0.495 e. The van der Waals surface area contributed by atoms with E-state index in [1.54, 1.807) is 6.92 Å². The van der Waals surface area contributed by atoms with Gasteiger partial charge in [-0.3, -0.25) is 0 Å². The van der Waals surface area contributed by atoms with Gasteiger partial charge < -0.3 is 15.2 Å². The van der Waals surface area contributed by atoms with Crippen LogP contribution in [0.2, 0.25) is 0 Å². The van der Waals surface area contributed by atoms with Crippen LogP contribution in [0.4, 0.5) is 5.69 Å². The predicted molar refractivity (Wildman–Crippen MR) is 77.2 cm³/mol. The van der Waals surface area contributed by atoms with E-state index < -0.39 is 10.0 Å². The number of anilines is 1. The van der Waals surface area contributed by atoms with Gasteiger partial charge >= 0.3 is 0 Å². The van der Waals surface area contributed by atoms with E-state index in [2.05, 4.69) is 16.6 Å². The number of nitrogens with two attached hydrogens (primary N) is 1. The molecule has 6 nitrogen and oxygen atoms in total. The number of rotatable bonds is 6. The molecule has 0 radical (unpaired) electrons. The van der Waals surface area contributed by atoms with Gasteiger partial charge in [-0.25, -0.2) is 13.1 Å². The van der Waals surface area contributed by atoms with Crippen LogP contribution in [0.1, 0.15) is 13.3 Å². The fourth-order valence-electron chi connectivity index (χ4n) is 1.55. The van der Waals surface area contributed by atoms with Gasteiger partial charge in [0.25, 0.3) is 0 Å². The van der Waals surface area contributed by atoms with Crippen LogP contribution in [0, 0.1) is 11.8 Å². The summed E-state index contributed by atoms with van der Waals surface area (Å²) in [6, 6.07) is 2.75. The van der Waals surface area contributed by atoms with Crippen molar-refractivity contribution in [2.45, 2.75) is 18.2 Å². The molecular weight excluding hydrogens is 280 g/mol. The minimum Gasteiger partial charge on any atom is -0.495 e. The molecule has 0 spiro atoms. The molecular formula is C13H18N2O4S. The molecule has 0 bridgehead atoms. The second-order valence-corrected chi connectivity index (χ2v) is 5.55. The minimum atomic E-state index is -3.71. The van der Waals surface area contributed by atoms with Gasteiger partial charge in [-0.1, -0.05) is 0 Å². The highest BCUT2D eigenvalue weighted by Crippen LogP contribution is 2.33. The number of benzene rings is 1. The minimum absolute atomic E-state index is 0.0252. The lowest BCUT2D eigenvalue weighted by Gasteiger charge is -2.13. The van der Waals surface area contributed by atoms with Gasteiger partial charge in [0.05, 0.1) is 19.9 Å². The third-order valence-corrected chi connectivity index (χ3v) is 4.01. The number of nitrogen functional groups attached to an aromatic ring is 1. The Hall–Kier alpha value is -1.91. The van der Waals surface area contributed by atoms with Crippen molar-refractivity contribution >= 4 is 15.7 Å². The van der Waals surface area contributed by atoms with Crippen molar-refractivity contribution < 1.29 is 17.9 Å². The molecule has 0 unspecified atom stereocenters. The Morgan fingerprint density at radius 2 is 1.90 bits per heavy atom. The van der Waals surface area contributed by atoms with Crippen LogP contribution in [0.15, 0.2) is 17.0 Å². The van der Waals surface area contributed by atoms with Crippen molar-refractivity contribution in [3.63, 3.8) is 0 Å². The summed E-state index contributed by atoms with van der Waals surface area (Å²) in [4.78, 5) is -0.0252. The SMILES string of the molecule is CC#CCCNS(=O)(=O)c1cc(N)c(OC)cc1OC. The highest BCUT2D eigenvalue weighted by molar-refractivity contribution is 7.89. The van der Waals surface area contributed by atoms with Crippen LogP contribution in [0.3, 0.4) is 0 Å². The number of hydrogen-bond donors (Lipinski definition) is 2. The Morgan fingerprint density at radius 1 is 1.25 bits per heavy atom. The van der Waals surface area contributed by atoms with Crippen molar-refractivity contribution in [3.05, 3.63) is 12.1 Å². The summed E-state index contributed by atoms with van der Waals surface area (Å²) in [5, 5.41) is 0. The second-order valence-electron chi connectivity index (χ2n) is 3.82. The molecule has 0 amide bonds. The molecule has 0 saturated heterocycles. The zero-order valence-electron chi connectivity index (χ0n) is 11.7. The maximum absolute atomic E-state index is 12.2. The Kier molecular flexibility index (Phi) is 5.67. The Balaban J connectivity index is 3.09. The van der Waals surface area contributed by atoms with Crippen molar-refractivity contribution in [1.82, 2.24) is 4.72 Å². The van der Waals surface area contributed by atoms with Gasteiger partial charge in [0.1, 0.15) is 16.4 Å². The van der Waals surface area contributed by atoms with Gasteiger partial charge in [0.2, 0.25) is 10.0 Å². The predicted octanol–water partition coefficient (Wildman–Crippen LogP) is 0.978. The molecule has 1 rings (SSSR count). The van der Waals surface area contributed by atoms with Gasteiger partial charge in [0.15, 0.2) is 0 Å². The van der Waals surface area contributed by atoms with Crippen molar-refractivity contribution in [3.8, 4) is 23.3 Å². The smallest absolute Gasteiger partial charge is 0.244 e. The molecule has 0 aliphatic rings. The monoisotopic (exact) mass is 298 g/mol. The average Bonchev–Trinajstić information content (AvgIpc) is 2.43. The summed E-state index contributed by atoms with van der Waals surface area (Å²) in [6.07, 6.45) is 0.434. The van der Waals surface area contributed by atoms with E-state index in [1.807, 2.05) is 0 Å². The van der Waals surface area contributed by atoms with Crippen LogP contribution in [0.5, 0.6) is 11.5 Å². The van der Waals surface area contributed by atoms with E-state index in [9.17, 15) is 8.42 Å². The molecule has 7 heteroatoms. The topological polar surface area (TPSA) is 90.7 Å². The zero-order chi connectivity index (χ0) is 15.2. The molecule has 0 fully saturated rings. The van der Waals surface area contributed by atoms with Crippen LogP contribution in [-0.2, 0) is 10.0 Å². The van der Waals surface area contributed by atoms with E-state index in [-0.39, 0.29) is 22.9 Å². The molecule has 3 N–H and O–H groups in total. The maximum atomic E-state index is 12.2. The molecule has 1 aromatic rings. The number of hydrogen-bond acceptors (Lipinski definition) is 5. The number of methoxy groups -OCH3 is 2. The fraction of sp³-hybridized carbons (Fsp3) is 0.385. The molecule has 0 atom stereocenters. The van der Waals surface area contributed by atoms with Crippen LogP contribution in [-0.4, -0.2) is 29.2 Å². The first-order valence-electron chi connectivity index (χ1n) is 5.87. The molecule has 0 aliphatic heterocycles. The second kappa shape index (κ2) is 7.03. The lowest BCUT2D eigenvalue weighted by atomic mass is 10.3. The van der Waals surface area contributed by atoms with Crippen molar-refractivity contribution in [1.29, 1.82) is 0 Å². The average molecular weight is 298 g/mol. The normalized spacial score (nSPS) is 10.6. The summed E-state index contributed by atoms with van der Waals surface area (Å²) in [5.41, 5.74) is 5.96. The molecule has 0 saturated carbocycles. The third-order valence-electron chi connectivity index (χ3n) is 2.52. The van der Waals surface area contributed by atoms with Crippen LogP contribution < -0.4 is 19.9 Å². The van der Waals surface area contributed by atoms with Gasteiger partial charge in [-0.15, -0.1) is 11.8 Å². The fourth-order valence-corrected chi connectivity index (χ4v) is 2.77. The van der Waals surface area contributed by atoms with Gasteiger partial charge in [0, 0.05) is 19.0 Å². The van der Waals surface area contributed by atoms with E-state index in [0.29, 0.717) is 12.2 Å². The zero-order valence-corrected chi connectivity index (χ0v) is 12.5. The lowest BCUT2D eigenvalue weighted by molar-refractivity contribution is 0.387. The molecule has 0 heterocycles. The van der Waals surface area contributed by atoms with Crippen molar-refractivity contribution in [2.75, 3.05) is 26.5 Å². The molecule has 1 aromatic carbocycles. The summed E-state index contributed by atoms with van der Waals surface area (Å²) >= 11 is 0. The Labute approximate surface area is 119 Å². The number of sulfonamides is 1. The van der Waals surface area contributed by atoms with Crippen LogP contribution in [0.25, 0.3) is 0 Å². The number of ether oxygens (including phenoxy) is 2. The van der Waals surface area contributed by atoms with E-state index in [4.69, 9.17) is 15.2 Å². The molecule has 0 aliphatic carbocycles. The van der Waals surface area contributed by atoms with Gasteiger partial charge in [-0.2, -0.15) is 0 Å². The summed E-state index contributed by atoms with van der Waals surface area (Å²) < 4.78 is 36.9. The molecule has 20 heavy (non-hydrogen) atoms. The third kappa shape index (κ3) is 3.79. The molecule has 0 aromatic heterocycles. The summed E-state index contributed by atoms with van der Waals surface area (Å²) in [6.45, 7) is 1.92. The first-order valence-corrected chi connectivity index (χ1v) is 7.35. The van der Waals surface area contributed by atoms with E-state index >= 15 is 0 Å². The van der Waals surface area contributed by atoms with E-state index in [1.165, 1.54) is 26.4 Å². The van der Waals surface area contributed by atoms with Crippen molar-refractivity contribution in [2.24, 2.45) is 0 Å². The highest BCUT2D eigenvalue weighted by atomic mass is 32.2. The Morgan fingerprint density at radius 3 is 2.45 bits per heavy atom. The summed E-state index contributed by atoms with van der Waals surface area (Å²) in [7, 11) is -0.882. The standard InChI is InChI=1S/C13H18N2O4S/c1-4-5-6-7-15-20(16,17)13-8-10(14)11(18-2)9-12(13)19-3/h8-9,15H,6-7,14H2,1-3H3. The summed E-state index contributed by atoms with van der Waals surface area (Å²) in [5.74, 6) is 6.00. The first-order chi connectivity index (χ1) is 9.46. The Bertz CT molecular complexity index is 630. The number of nitrogens with one attached hydrogen (secondary N) is 1. The maximum Gasteiger partial charge on any atom is 0.244 e. The van der Waals surface area contributed by atoms with E-state index in [0.717, 1.165) is 0 Å². The highest BCUT2D eigenvalue weighted by Gasteiger charge is 2.21.